The molecule has 0 bridgehead atoms. The van der Waals surface area contributed by atoms with Crippen LogP contribution in [0.1, 0.15) is 46.8 Å². The van der Waals surface area contributed by atoms with Gasteiger partial charge in [-0.15, -0.1) is 0 Å². The molecule has 2 amide bonds. The molecular weight excluding hydrogens is 374 g/mol. The maximum Gasteiger partial charge on any atom is 0.270 e. The first kappa shape index (κ1) is 19.8. The summed E-state index contributed by atoms with van der Waals surface area (Å²) in [5.74, 6) is -0.102. The summed E-state index contributed by atoms with van der Waals surface area (Å²) in [5.41, 5.74) is 7.94. The number of nitrogens with zero attached hydrogens (tertiary/aromatic N) is 2. The van der Waals surface area contributed by atoms with E-state index in [9.17, 15) is 9.59 Å². The van der Waals surface area contributed by atoms with Crippen LogP contribution in [0, 0.1) is 5.92 Å². The Morgan fingerprint density at radius 1 is 1.07 bits per heavy atom. The number of thiazole rings is 1. The summed E-state index contributed by atoms with van der Waals surface area (Å²) in [6.07, 6.45) is 0.891. The Kier molecular flexibility index (Phi) is 6.20. The average Bonchev–Trinajstić information content (AvgIpc) is 3.05. The highest BCUT2D eigenvalue weighted by Crippen LogP contribution is 2.24. The van der Waals surface area contributed by atoms with E-state index in [-0.39, 0.29) is 23.2 Å². The van der Waals surface area contributed by atoms with E-state index >= 15 is 0 Å². The van der Waals surface area contributed by atoms with Gasteiger partial charge in [-0.05, 0) is 42.2 Å². The van der Waals surface area contributed by atoms with E-state index < -0.39 is 0 Å². The van der Waals surface area contributed by atoms with Gasteiger partial charge in [-0.25, -0.2) is 9.97 Å². The molecule has 0 saturated heterocycles. The van der Waals surface area contributed by atoms with Crippen molar-refractivity contribution in [3.05, 3.63) is 53.3 Å². The molecule has 0 saturated carbocycles. The number of amides is 2. The van der Waals surface area contributed by atoms with Gasteiger partial charge in [0.15, 0.2) is 5.13 Å². The molecule has 0 atom stereocenters. The van der Waals surface area contributed by atoms with Crippen molar-refractivity contribution in [3.63, 3.8) is 0 Å². The average molecular weight is 398 g/mol. The first-order valence-electron chi connectivity index (χ1n) is 9.11. The molecule has 3 aromatic rings. The van der Waals surface area contributed by atoms with Crippen molar-refractivity contribution in [2.24, 2.45) is 5.92 Å². The summed E-state index contributed by atoms with van der Waals surface area (Å²) < 4.78 is 0.974. The molecule has 7 nitrogen and oxygen atoms in total. The summed E-state index contributed by atoms with van der Waals surface area (Å²) in [5, 5.41) is 6.17. The molecule has 28 heavy (non-hydrogen) atoms. The van der Waals surface area contributed by atoms with E-state index in [0.29, 0.717) is 24.1 Å². The van der Waals surface area contributed by atoms with Crippen molar-refractivity contribution < 1.29 is 9.59 Å². The van der Waals surface area contributed by atoms with Crippen LogP contribution < -0.4 is 16.4 Å². The lowest BCUT2D eigenvalue weighted by Gasteiger charge is -2.08. The molecule has 0 fully saturated rings. The highest BCUT2D eigenvalue weighted by molar-refractivity contribution is 7.22. The second-order valence-electron chi connectivity index (χ2n) is 6.88. The van der Waals surface area contributed by atoms with Crippen LogP contribution in [0.2, 0.25) is 0 Å². The third kappa shape index (κ3) is 5.04. The number of hydrogen-bond acceptors (Lipinski definition) is 6. The molecule has 0 aliphatic rings. The summed E-state index contributed by atoms with van der Waals surface area (Å²) in [7, 11) is 0. The van der Waals surface area contributed by atoms with Gasteiger partial charge in [-0.2, -0.15) is 0 Å². The summed E-state index contributed by atoms with van der Waals surface area (Å²) in [6.45, 7) is 5.12. The van der Waals surface area contributed by atoms with Gasteiger partial charge in [0.1, 0.15) is 11.4 Å². The minimum atomic E-state index is -0.333. The lowest BCUT2D eigenvalue weighted by atomic mass is 10.1. The number of nitrogens with two attached hydrogens (primary N) is 1. The Morgan fingerprint density at radius 2 is 1.79 bits per heavy atom. The fraction of sp³-hybridized carbons (Fsp3) is 0.300. The Balaban J connectivity index is 1.61. The van der Waals surface area contributed by atoms with E-state index in [2.05, 4.69) is 34.4 Å². The Morgan fingerprint density at radius 3 is 2.50 bits per heavy atom. The fourth-order valence-electron chi connectivity index (χ4n) is 2.62. The maximum absolute atomic E-state index is 12.4. The molecular formula is C20H23N5O2S. The number of pyridine rings is 1. The second kappa shape index (κ2) is 8.79. The predicted molar refractivity (Wildman–Crippen MR) is 111 cm³/mol. The van der Waals surface area contributed by atoms with E-state index in [1.807, 2.05) is 18.2 Å². The molecule has 0 aliphatic heterocycles. The molecule has 8 heteroatoms. The standard InChI is InChI=1S/C20H23N5O2S/c1-12(2)8-9-22-18(26)15-4-3-5-16(24-15)19(27)23-11-13-6-7-14-17(10-13)28-20(21)25-14/h3-7,10,12H,8-9,11H2,1-2H3,(H2,21,25)(H,22,26)(H,23,27). The zero-order valence-corrected chi connectivity index (χ0v) is 16.7. The van der Waals surface area contributed by atoms with Crippen LogP contribution in [0.5, 0.6) is 0 Å². The van der Waals surface area contributed by atoms with Crippen molar-refractivity contribution in [2.75, 3.05) is 12.3 Å². The van der Waals surface area contributed by atoms with Crippen LogP contribution in [0.25, 0.3) is 10.2 Å². The van der Waals surface area contributed by atoms with E-state index in [1.165, 1.54) is 11.3 Å². The lowest BCUT2D eigenvalue weighted by molar-refractivity contribution is 0.0942. The van der Waals surface area contributed by atoms with Crippen LogP contribution in [-0.2, 0) is 6.54 Å². The lowest BCUT2D eigenvalue weighted by Crippen LogP contribution is -2.28. The molecule has 2 heterocycles. The highest BCUT2D eigenvalue weighted by atomic mass is 32.1. The molecule has 4 N–H and O–H groups in total. The summed E-state index contributed by atoms with van der Waals surface area (Å²) >= 11 is 1.41. The fourth-order valence-corrected chi connectivity index (χ4v) is 3.42. The first-order chi connectivity index (χ1) is 13.4. The molecule has 146 valence electrons. The quantitative estimate of drug-likeness (QED) is 0.568. The maximum atomic E-state index is 12.4. The van der Waals surface area contributed by atoms with Crippen LogP contribution in [0.15, 0.2) is 36.4 Å². The monoisotopic (exact) mass is 397 g/mol. The van der Waals surface area contributed by atoms with Crippen molar-refractivity contribution in [2.45, 2.75) is 26.8 Å². The third-order valence-corrected chi connectivity index (χ3v) is 4.99. The van der Waals surface area contributed by atoms with E-state index in [0.717, 1.165) is 22.2 Å². The van der Waals surface area contributed by atoms with Crippen LogP contribution >= 0.6 is 11.3 Å². The van der Waals surface area contributed by atoms with E-state index in [1.54, 1.807) is 18.2 Å². The molecule has 0 spiro atoms. The van der Waals surface area contributed by atoms with Gasteiger partial charge in [-0.1, -0.05) is 37.3 Å². The third-order valence-electron chi connectivity index (χ3n) is 4.14. The number of hydrogen-bond donors (Lipinski definition) is 3. The van der Waals surface area contributed by atoms with Gasteiger partial charge >= 0.3 is 0 Å². The molecule has 2 aromatic heterocycles. The van der Waals surface area contributed by atoms with Crippen LogP contribution in [-0.4, -0.2) is 28.3 Å². The minimum absolute atomic E-state index is 0.208. The van der Waals surface area contributed by atoms with Gasteiger partial charge in [-0.3, -0.25) is 9.59 Å². The Hall–Kier alpha value is -3.00. The summed E-state index contributed by atoms with van der Waals surface area (Å²) in [6, 6.07) is 10.6. The van der Waals surface area contributed by atoms with Gasteiger partial charge < -0.3 is 16.4 Å². The van der Waals surface area contributed by atoms with Crippen molar-refractivity contribution >= 4 is 38.5 Å². The minimum Gasteiger partial charge on any atom is -0.375 e. The van der Waals surface area contributed by atoms with Gasteiger partial charge in [0.2, 0.25) is 0 Å². The number of rotatable bonds is 7. The van der Waals surface area contributed by atoms with Crippen molar-refractivity contribution in [3.8, 4) is 0 Å². The van der Waals surface area contributed by atoms with E-state index in [4.69, 9.17) is 5.73 Å². The molecule has 1 aromatic carbocycles. The van der Waals surface area contributed by atoms with Crippen molar-refractivity contribution in [1.29, 1.82) is 0 Å². The summed E-state index contributed by atoms with van der Waals surface area (Å²) in [4.78, 5) is 33.0. The zero-order valence-electron chi connectivity index (χ0n) is 15.9. The van der Waals surface area contributed by atoms with Crippen molar-refractivity contribution in [1.82, 2.24) is 20.6 Å². The SMILES string of the molecule is CC(C)CCNC(=O)c1cccc(C(=O)NCc2ccc3nc(N)sc3c2)n1. The highest BCUT2D eigenvalue weighted by Gasteiger charge is 2.12. The molecule has 0 aliphatic carbocycles. The largest absolute Gasteiger partial charge is 0.375 e. The van der Waals surface area contributed by atoms with Crippen LogP contribution in [0.4, 0.5) is 5.13 Å². The number of nitrogen functional groups attached to an aromatic ring is 1. The van der Waals surface area contributed by atoms with Gasteiger partial charge in [0.05, 0.1) is 10.2 Å². The molecule has 0 unspecified atom stereocenters. The van der Waals surface area contributed by atoms with Gasteiger partial charge in [0.25, 0.3) is 11.8 Å². The molecule has 0 radical (unpaired) electrons. The smallest absolute Gasteiger partial charge is 0.270 e. The zero-order chi connectivity index (χ0) is 20.1. The number of benzene rings is 1. The number of carbonyl (C=O) groups excluding carboxylic acids is 2. The first-order valence-corrected chi connectivity index (χ1v) is 9.92. The number of nitrogens with one attached hydrogen (secondary N) is 2. The van der Waals surface area contributed by atoms with Crippen LogP contribution in [0.3, 0.4) is 0 Å². The second-order valence-corrected chi connectivity index (χ2v) is 7.95. The topological polar surface area (TPSA) is 110 Å². The number of fused-ring (bicyclic) bond motifs is 1. The number of carbonyl (C=O) groups is 2. The Labute approximate surface area is 167 Å². The molecule has 3 rings (SSSR count). The Bertz CT molecular complexity index is 999. The predicted octanol–water partition coefficient (Wildman–Crippen LogP) is 2.98. The van der Waals surface area contributed by atoms with Gasteiger partial charge in [0, 0.05) is 13.1 Å². The number of anilines is 1. The number of aromatic nitrogens is 2. The normalized spacial score (nSPS) is 11.0.